The second-order valence-electron chi connectivity index (χ2n) is 8.63. The number of amides is 1. The molecule has 0 saturated carbocycles. The van der Waals surface area contributed by atoms with E-state index in [9.17, 15) is 4.79 Å². The second kappa shape index (κ2) is 12.1. The van der Waals surface area contributed by atoms with Crippen LogP contribution in [-0.4, -0.2) is 55.4 Å². The van der Waals surface area contributed by atoms with Gasteiger partial charge in [0.25, 0.3) is 0 Å². The van der Waals surface area contributed by atoms with Gasteiger partial charge >= 0.3 is 178 Å². The number of rotatable bonds is 11. The number of piperazine rings is 1. The van der Waals surface area contributed by atoms with Crippen LogP contribution >= 0.6 is 0 Å². The Kier molecular flexibility index (Phi) is 10.2. The minimum atomic E-state index is -2.31. The molecule has 4 heteroatoms. The van der Waals surface area contributed by atoms with Crippen LogP contribution in [0.15, 0.2) is 24.3 Å². The van der Waals surface area contributed by atoms with Gasteiger partial charge in [0.2, 0.25) is 0 Å². The van der Waals surface area contributed by atoms with Gasteiger partial charge in [-0.05, 0) is 0 Å². The van der Waals surface area contributed by atoms with E-state index >= 15 is 0 Å². The van der Waals surface area contributed by atoms with Crippen molar-refractivity contribution in [1.29, 1.82) is 0 Å². The molecule has 1 heterocycles. The van der Waals surface area contributed by atoms with Crippen LogP contribution in [0.5, 0.6) is 0 Å². The van der Waals surface area contributed by atoms with E-state index in [4.69, 9.17) is 0 Å². The van der Waals surface area contributed by atoms with Crippen molar-refractivity contribution >= 4 is 33.6 Å². The normalized spacial score (nSPS) is 15.1. The van der Waals surface area contributed by atoms with Crippen molar-refractivity contribution in [3.8, 4) is 0 Å². The average Bonchev–Trinajstić information content (AvgIpc) is 2.74. The molecule has 1 aromatic rings. The van der Waals surface area contributed by atoms with Gasteiger partial charge < -0.3 is 0 Å². The van der Waals surface area contributed by atoms with Gasteiger partial charge in [-0.1, -0.05) is 0 Å². The fourth-order valence-corrected chi connectivity index (χ4v) is 20.6. The number of nitrogens with zero attached hydrogens (tertiary/aromatic N) is 2. The predicted octanol–water partition coefficient (Wildman–Crippen LogP) is 5.41. The van der Waals surface area contributed by atoms with Crippen LogP contribution < -0.4 is 8.48 Å². The summed E-state index contributed by atoms with van der Waals surface area (Å²) in [5.74, 6) is 0.205. The molecule has 1 aliphatic heterocycles. The number of carbonyl (C=O) groups excluding carboxylic acids is 1. The topological polar surface area (TPSA) is 23.6 Å². The Balaban J connectivity index is 2.16. The van der Waals surface area contributed by atoms with Gasteiger partial charge in [-0.15, -0.1) is 0 Å². The molecule has 1 fully saturated rings. The fourth-order valence-electron chi connectivity index (χ4n) is 4.66. The van der Waals surface area contributed by atoms with E-state index in [-0.39, 0.29) is 5.91 Å². The molecular formula is C24H42N2OSn. The summed E-state index contributed by atoms with van der Waals surface area (Å²) in [5, 5.41) is 0. The molecule has 0 N–H and O–H groups in total. The van der Waals surface area contributed by atoms with E-state index in [1.165, 1.54) is 57.5 Å². The Morgan fingerprint density at radius 3 is 1.68 bits per heavy atom. The first-order chi connectivity index (χ1) is 13.6. The van der Waals surface area contributed by atoms with Crippen LogP contribution in [-0.2, 0) is 4.79 Å². The van der Waals surface area contributed by atoms with Gasteiger partial charge in [0.05, 0.1) is 0 Å². The molecular weight excluding hydrogens is 451 g/mol. The molecule has 28 heavy (non-hydrogen) atoms. The number of anilines is 1. The SMILES string of the molecule is CCC[CH2][Sn]([CH2]CCC)([CH2]CCC)[c]1ccc(N2CCN(C(C)=O)CC2)cc1. The zero-order chi connectivity index (χ0) is 20.4. The van der Waals surface area contributed by atoms with Gasteiger partial charge in [-0.3, -0.25) is 0 Å². The molecule has 1 aromatic carbocycles. The summed E-state index contributed by atoms with van der Waals surface area (Å²) in [5.41, 5.74) is 1.34. The number of benzene rings is 1. The van der Waals surface area contributed by atoms with Gasteiger partial charge in [0, 0.05) is 0 Å². The van der Waals surface area contributed by atoms with Crippen LogP contribution in [0.25, 0.3) is 0 Å². The Hall–Kier alpha value is -0.711. The molecule has 158 valence electrons. The molecule has 0 radical (unpaired) electrons. The zero-order valence-corrected chi connectivity index (χ0v) is 21.7. The average molecular weight is 493 g/mol. The van der Waals surface area contributed by atoms with E-state index in [1.807, 2.05) is 4.90 Å². The van der Waals surface area contributed by atoms with Crippen LogP contribution in [0.1, 0.15) is 66.2 Å². The third-order valence-corrected chi connectivity index (χ3v) is 22.3. The summed E-state index contributed by atoms with van der Waals surface area (Å²) in [6.45, 7) is 12.3. The molecule has 1 aliphatic rings. The Labute approximate surface area is 177 Å². The zero-order valence-electron chi connectivity index (χ0n) is 18.8. The Bertz CT molecular complexity index is 557. The van der Waals surface area contributed by atoms with Gasteiger partial charge in [-0.25, -0.2) is 0 Å². The first kappa shape index (κ1) is 23.6. The van der Waals surface area contributed by atoms with Crippen LogP contribution in [0.4, 0.5) is 5.69 Å². The van der Waals surface area contributed by atoms with Gasteiger partial charge in [0.15, 0.2) is 0 Å². The molecule has 0 spiro atoms. The van der Waals surface area contributed by atoms with Crippen molar-refractivity contribution in [3.05, 3.63) is 24.3 Å². The minimum absolute atomic E-state index is 0.205. The monoisotopic (exact) mass is 494 g/mol. The second-order valence-corrected chi connectivity index (χ2v) is 21.9. The quantitative estimate of drug-likeness (QED) is 0.385. The summed E-state index contributed by atoms with van der Waals surface area (Å²) in [7, 11) is 0. The Morgan fingerprint density at radius 1 is 0.821 bits per heavy atom. The van der Waals surface area contributed by atoms with E-state index < -0.39 is 18.4 Å². The van der Waals surface area contributed by atoms with Gasteiger partial charge in [0.1, 0.15) is 0 Å². The van der Waals surface area contributed by atoms with Crippen LogP contribution in [0, 0.1) is 0 Å². The predicted molar refractivity (Wildman–Crippen MR) is 125 cm³/mol. The van der Waals surface area contributed by atoms with Crippen LogP contribution in [0.3, 0.4) is 0 Å². The van der Waals surface area contributed by atoms with Gasteiger partial charge in [-0.2, -0.15) is 0 Å². The van der Waals surface area contributed by atoms with E-state index in [0.29, 0.717) is 0 Å². The van der Waals surface area contributed by atoms with E-state index in [1.54, 1.807) is 10.5 Å². The van der Waals surface area contributed by atoms with Crippen molar-refractivity contribution in [2.45, 2.75) is 79.5 Å². The summed E-state index contributed by atoms with van der Waals surface area (Å²) >= 11 is -2.31. The maximum atomic E-state index is 11.6. The van der Waals surface area contributed by atoms with Crippen molar-refractivity contribution in [3.63, 3.8) is 0 Å². The molecule has 0 bridgehead atoms. The molecule has 2 rings (SSSR count). The third kappa shape index (κ3) is 6.40. The van der Waals surface area contributed by atoms with Crippen LogP contribution in [0.2, 0.25) is 13.3 Å². The summed E-state index contributed by atoms with van der Waals surface area (Å²) < 4.78 is 6.35. The molecule has 1 amide bonds. The third-order valence-electron chi connectivity index (χ3n) is 6.60. The molecule has 0 atom stereocenters. The molecule has 1 saturated heterocycles. The summed E-state index contributed by atoms with van der Waals surface area (Å²) in [6, 6.07) is 9.77. The first-order valence-electron chi connectivity index (χ1n) is 11.7. The van der Waals surface area contributed by atoms with Crippen molar-refractivity contribution in [1.82, 2.24) is 4.90 Å². The van der Waals surface area contributed by atoms with E-state index in [2.05, 4.69) is 49.9 Å². The number of hydrogen-bond donors (Lipinski definition) is 0. The molecule has 0 aliphatic carbocycles. The van der Waals surface area contributed by atoms with Crippen molar-refractivity contribution < 1.29 is 4.79 Å². The summed E-state index contributed by atoms with van der Waals surface area (Å²) in [6.07, 6.45) is 8.23. The fraction of sp³-hybridized carbons (Fsp3) is 0.708. The summed E-state index contributed by atoms with van der Waals surface area (Å²) in [4.78, 5) is 16.0. The molecule has 3 nitrogen and oxygen atoms in total. The number of carbonyl (C=O) groups is 1. The Morgan fingerprint density at radius 2 is 1.29 bits per heavy atom. The van der Waals surface area contributed by atoms with Crippen molar-refractivity contribution in [2.75, 3.05) is 31.1 Å². The number of hydrogen-bond acceptors (Lipinski definition) is 2. The molecule has 0 aromatic heterocycles. The van der Waals surface area contributed by atoms with Crippen molar-refractivity contribution in [2.24, 2.45) is 0 Å². The first-order valence-corrected chi connectivity index (χ1v) is 19.2. The molecule has 0 unspecified atom stereocenters. The maximum absolute atomic E-state index is 11.6. The standard InChI is InChI=1S/C12H15N2O.3C4H9.Sn/c1-11(15)13-7-9-14(10-8-13)12-5-3-2-4-6-12;3*1-3-4-2;/h3-6H,7-10H2,1H3;3*1,3-4H2,2H3;. The van der Waals surface area contributed by atoms with E-state index in [0.717, 1.165) is 26.2 Å². The number of unbranched alkanes of at least 4 members (excludes halogenated alkanes) is 3.